The van der Waals surface area contributed by atoms with Crippen LogP contribution in [-0.2, 0) is 4.74 Å². The van der Waals surface area contributed by atoms with Gasteiger partial charge in [0.15, 0.2) is 0 Å². The van der Waals surface area contributed by atoms with E-state index in [0.717, 1.165) is 0 Å². The van der Waals surface area contributed by atoms with Crippen LogP contribution in [0.4, 0.5) is 4.79 Å². The predicted molar refractivity (Wildman–Crippen MR) is 60.6 cm³/mol. The van der Waals surface area contributed by atoms with Crippen LogP contribution in [0.1, 0.15) is 17.3 Å². The van der Waals surface area contributed by atoms with Gasteiger partial charge in [0.05, 0.1) is 13.7 Å². The van der Waals surface area contributed by atoms with Crippen molar-refractivity contribution in [1.29, 1.82) is 0 Å². The predicted octanol–water partition coefficient (Wildman–Crippen LogP) is 1.09. The highest BCUT2D eigenvalue weighted by Crippen LogP contribution is 2.11. The molecule has 6 nitrogen and oxygen atoms in total. The van der Waals surface area contributed by atoms with Crippen LogP contribution < -0.4 is 15.6 Å². The number of hydrazine groups is 1. The van der Waals surface area contributed by atoms with Gasteiger partial charge in [0.2, 0.25) is 0 Å². The van der Waals surface area contributed by atoms with E-state index < -0.39 is 12.0 Å². The second-order valence-corrected chi connectivity index (χ2v) is 3.03. The van der Waals surface area contributed by atoms with Gasteiger partial charge in [-0.25, -0.2) is 10.2 Å². The molecule has 0 spiro atoms. The normalized spacial score (nSPS) is 9.29. The first-order chi connectivity index (χ1) is 8.17. The zero-order chi connectivity index (χ0) is 12.7. The van der Waals surface area contributed by atoms with Crippen molar-refractivity contribution in [2.75, 3.05) is 13.7 Å². The summed E-state index contributed by atoms with van der Waals surface area (Å²) in [5.41, 5.74) is 4.68. The Hall–Kier alpha value is -2.24. The molecule has 0 aliphatic rings. The number of carbonyl (C=O) groups is 2. The quantitative estimate of drug-likeness (QED) is 0.773. The topological polar surface area (TPSA) is 76.7 Å². The van der Waals surface area contributed by atoms with Gasteiger partial charge in [-0.1, -0.05) is 0 Å². The van der Waals surface area contributed by atoms with Crippen LogP contribution in [0.25, 0.3) is 0 Å². The highest BCUT2D eigenvalue weighted by atomic mass is 16.5. The molecule has 0 heterocycles. The Balaban J connectivity index is 2.54. The molecular weight excluding hydrogens is 224 g/mol. The Morgan fingerprint density at radius 3 is 2.35 bits per heavy atom. The minimum absolute atomic E-state index is 0.407. The number of carbonyl (C=O) groups excluding carboxylic acids is 2. The standard InChI is InChI=1S/C11H14N2O4/c1-3-17-9-6-4-8(5-7-9)10(14)12-13-11(15)16-2/h4-7H,3H2,1-2H3,(H,12,14)(H,13,15). The number of ether oxygens (including phenoxy) is 2. The molecule has 0 bridgehead atoms. The first kappa shape index (κ1) is 12.8. The van der Waals surface area contributed by atoms with E-state index in [-0.39, 0.29) is 0 Å². The van der Waals surface area contributed by atoms with Gasteiger partial charge < -0.3 is 9.47 Å². The van der Waals surface area contributed by atoms with Crippen molar-refractivity contribution >= 4 is 12.0 Å². The molecule has 1 rings (SSSR count). The molecule has 2 amide bonds. The van der Waals surface area contributed by atoms with Crippen molar-refractivity contribution < 1.29 is 19.1 Å². The van der Waals surface area contributed by atoms with Crippen LogP contribution in [0.15, 0.2) is 24.3 Å². The number of hydrogen-bond donors (Lipinski definition) is 2. The lowest BCUT2D eigenvalue weighted by atomic mass is 10.2. The van der Waals surface area contributed by atoms with Crippen molar-refractivity contribution in [3.63, 3.8) is 0 Å². The third kappa shape index (κ3) is 4.02. The highest BCUT2D eigenvalue weighted by Gasteiger charge is 2.06. The molecule has 0 aliphatic heterocycles. The summed E-state index contributed by atoms with van der Waals surface area (Å²) in [4.78, 5) is 22.2. The van der Waals surface area contributed by atoms with Crippen molar-refractivity contribution in [1.82, 2.24) is 10.9 Å². The van der Waals surface area contributed by atoms with E-state index in [4.69, 9.17) is 4.74 Å². The monoisotopic (exact) mass is 238 g/mol. The fourth-order valence-corrected chi connectivity index (χ4v) is 1.10. The molecule has 0 unspecified atom stereocenters. The number of hydrogen-bond acceptors (Lipinski definition) is 4. The van der Waals surface area contributed by atoms with Gasteiger partial charge in [0.25, 0.3) is 5.91 Å². The van der Waals surface area contributed by atoms with E-state index in [9.17, 15) is 9.59 Å². The summed E-state index contributed by atoms with van der Waals surface area (Å²) < 4.78 is 9.54. The minimum atomic E-state index is -0.732. The number of nitrogens with one attached hydrogen (secondary N) is 2. The number of amides is 2. The lowest BCUT2D eigenvalue weighted by Crippen LogP contribution is -2.41. The first-order valence-electron chi connectivity index (χ1n) is 5.04. The Morgan fingerprint density at radius 2 is 1.82 bits per heavy atom. The summed E-state index contributed by atoms with van der Waals surface area (Å²) in [6.45, 7) is 2.44. The maximum atomic E-state index is 11.5. The summed E-state index contributed by atoms with van der Waals surface area (Å²) in [5, 5.41) is 0. The van der Waals surface area contributed by atoms with E-state index in [1.165, 1.54) is 7.11 Å². The fraction of sp³-hybridized carbons (Fsp3) is 0.273. The molecule has 0 atom stereocenters. The molecule has 2 N–H and O–H groups in total. The molecule has 17 heavy (non-hydrogen) atoms. The Labute approximate surface area is 98.9 Å². The summed E-state index contributed by atoms with van der Waals surface area (Å²) in [6.07, 6.45) is -0.732. The molecule has 0 saturated carbocycles. The number of benzene rings is 1. The maximum Gasteiger partial charge on any atom is 0.425 e. The van der Waals surface area contributed by atoms with Crippen LogP contribution in [0.3, 0.4) is 0 Å². The van der Waals surface area contributed by atoms with Crippen LogP contribution in [0.2, 0.25) is 0 Å². The van der Waals surface area contributed by atoms with Gasteiger partial charge in [-0.05, 0) is 31.2 Å². The fourth-order valence-electron chi connectivity index (χ4n) is 1.10. The summed E-state index contributed by atoms with van der Waals surface area (Å²) in [5.74, 6) is 0.253. The molecule has 92 valence electrons. The average Bonchev–Trinajstić information content (AvgIpc) is 2.36. The molecule has 6 heteroatoms. The average molecular weight is 238 g/mol. The SMILES string of the molecule is CCOc1ccc(C(=O)NNC(=O)OC)cc1. The second-order valence-electron chi connectivity index (χ2n) is 3.03. The van der Waals surface area contributed by atoms with E-state index in [0.29, 0.717) is 17.9 Å². The van der Waals surface area contributed by atoms with E-state index in [1.54, 1.807) is 24.3 Å². The number of methoxy groups -OCH3 is 1. The van der Waals surface area contributed by atoms with Gasteiger partial charge in [0.1, 0.15) is 5.75 Å². The number of rotatable bonds is 3. The second kappa shape index (κ2) is 6.37. The Bertz CT molecular complexity index is 389. The molecule has 0 radical (unpaired) electrons. The highest BCUT2D eigenvalue weighted by molar-refractivity contribution is 5.94. The Kier molecular flexibility index (Phi) is 4.80. The molecule has 1 aromatic rings. The van der Waals surface area contributed by atoms with E-state index >= 15 is 0 Å². The van der Waals surface area contributed by atoms with E-state index in [2.05, 4.69) is 15.6 Å². The zero-order valence-corrected chi connectivity index (χ0v) is 9.65. The lowest BCUT2D eigenvalue weighted by Gasteiger charge is -2.07. The first-order valence-corrected chi connectivity index (χ1v) is 5.04. The van der Waals surface area contributed by atoms with E-state index in [1.807, 2.05) is 6.92 Å². The summed E-state index contributed by atoms with van der Waals surface area (Å²) >= 11 is 0. The molecule has 0 fully saturated rings. The van der Waals surface area contributed by atoms with Gasteiger partial charge >= 0.3 is 6.09 Å². The molecule has 0 aromatic heterocycles. The van der Waals surface area contributed by atoms with Crippen molar-refractivity contribution in [2.45, 2.75) is 6.92 Å². The van der Waals surface area contributed by atoms with Crippen molar-refractivity contribution in [3.8, 4) is 5.75 Å². The molecular formula is C11H14N2O4. The maximum absolute atomic E-state index is 11.5. The van der Waals surface area contributed by atoms with Crippen molar-refractivity contribution in [3.05, 3.63) is 29.8 Å². The van der Waals surface area contributed by atoms with Gasteiger partial charge in [0, 0.05) is 5.56 Å². The Morgan fingerprint density at radius 1 is 1.18 bits per heavy atom. The summed E-state index contributed by atoms with van der Waals surface area (Å²) in [7, 11) is 1.21. The third-order valence-corrected chi connectivity index (χ3v) is 1.89. The lowest BCUT2D eigenvalue weighted by molar-refractivity contribution is 0.0920. The third-order valence-electron chi connectivity index (χ3n) is 1.89. The van der Waals surface area contributed by atoms with Crippen LogP contribution in [0, 0.1) is 0 Å². The smallest absolute Gasteiger partial charge is 0.425 e. The van der Waals surface area contributed by atoms with Crippen molar-refractivity contribution in [2.24, 2.45) is 0 Å². The minimum Gasteiger partial charge on any atom is -0.494 e. The molecule has 1 aromatic carbocycles. The van der Waals surface area contributed by atoms with Crippen LogP contribution in [0.5, 0.6) is 5.75 Å². The largest absolute Gasteiger partial charge is 0.494 e. The van der Waals surface area contributed by atoms with Crippen LogP contribution in [-0.4, -0.2) is 25.7 Å². The molecule has 0 saturated heterocycles. The summed E-state index contributed by atoms with van der Waals surface area (Å²) in [6, 6.07) is 6.55. The van der Waals surface area contributed by atoms with Gasteiger partial charge in [-0.2, -0.15) is 0 Å². The molecule has 0 aliphatic carbocycles. The van der Waals surface area contributed by atoms with Crippen LogP contribution >= 0.6 is 0 Å². The van der Waals surface area contributed by atoms with Gasteiger partial charge in [-0.3, -0.25) is 10.2 Å². The van der Waals surface area contributed by atoms with Gasteiger partial charge in [-0.15, -0.1) is 0 Å². The zero-order valence-electron chi connectivity index (χ0n) is 9.65.